The summed E-state index contributed by atoms with van der Waals surface area (Å²) in [5, 5.41) is 16.7. The van der Waals surface area contributed by atoms with Crippen molar-refractivity contribution in [3.05, 3.63) is 57.6 Å². The number of carbonyl (C=O) groups excluding carboxylic acids is 1. The fourth-order valence-corrected chi connectivity index (χ4v) is 3.73. The molecule has 0 fully saturated rings. The summed E-state index contributed by atoms with van der Waals surface area (Å²) < 4.78 is 27.6. The zero-order valence-corrected chi connectivity index (χ0v) is 17.5. The lowest BCUT2D eigenvalue weighted by molar-refractivity contribution is -0.385. The number of nitrogens with zero attached hydrogens (tertiary/aromatic N) is 1. The highest BCUT2D eigenvalue weighted by molar-refractivity contribution is 7.90. The summed E-state index contributed by atoms with van der Waals surface area (Å²) in [5.41, 5.74) is 2.14. The van der Waals surface area contributed by atoms with E-state index in [-0.39, 0.29) is 11.7 Å². The van der Waals surface area contributed by atoms with E-state index in [1.807, 2.05) is 43.7 Å². The Balaban J connectivity index is 2.49. The maximum atomic E-state index is 12.8. The molecule has 0 aromatic heterocycles. The van der Waals surface area contributed by atoms with Gasteiger partial charge in [-0.1, -0.05) is 25.1 Å². The second kappa shape index (κ2) is 8.91. The van der Waals surface area contributed by atoms with Crippen LogP contribution in [-0.2, 0) is 10.0 Å². The molecule has 2 aromatic carbocycles. The molecule has 2 rings (SSSR count). The maximum Gasteiger partial charge on any atom is 0.328 e. The van der Waals surface area contributed by atoms with Gasteiger partial charge in [0.2, 0.25) is 0 Å². The number of benzene rings is 2. The lowest BCUT2D eigenvalue weighted by Crippen LogP contribution is -2.43. The van der Waals surface area contributed by atoms with Crippen molar-refractivity contribution in [3.63, 3.8) is 0 Å². The summed E-state index contributed by atoms with van der Waals surface area (Å²) in [5.74, 6) is 0. The zero-order chi connectivity index (χ0) is 21.8. The molecule has 0 aliphatic rings. The van der Waals surface area contributed by atoms with Crippen molar-refractivity contribution in [2.45, 2.75) is 45.1 Å². The predicted molar refractivity (Wildman–Crippen MR) is 111 cm³/mol. The number of non-ortho nitro benzene ring substituents is 1. The Hall–Kier alpha value is -3.14. The summed E-state index contributed by atoms with van der Waals surface area (Å²) in [4.78, 5) is 22.1. The first-order valence-corrected chi connectivity index (χ1v) is 10.5. The largest absolute Gasteiger partial charge is 0.354 e. The zero-order valence-electron chi connectivity index (χ0n) is 16.6. The Morgan fingerprint density at radius 3 is 2.34 bits per heavy atom. The van der Waals surface area contributed by atoms with Crippen LogP contribution >= 0.6 is 0 Å². The number of nitro benzene ring substituents is 1. The predicted octanol–water partition coefficient (Wildman–Crippen LogP) is 3.74. The number of rotatable bonds is 7. The van der Waals surface area contributed by atoms with Gasteiger partial charge in [0, 0.05) is 23.9 Å². The Bertz CT molecular complexity index is 1020. The van der Waals surface area contributed by atoms with Crippen LogP contribution in [0.5, 0.6) is 0 Å². The van der Waals surface area contributed by atoms with E-state index < -0.39 is 31.6 Å². The molecule has 29 heavy (non-hydrogen) atoms. The van der Waals surface area contributed by atoms with Crippen LogP contribution in [0.15, 0.2) is 41.3 Å². The van der Waals surface area contributed by atoms with Crippen LogP contribution in [0, 0.1) is 24.0 Å². The molecule has 0 spiro atoms. The number of urea groups is 1. The first-order chi connectivity index (χ1) is 13.5. The van der Waals surface area contributed by atoms with Crippen molar-refractivity contribution in [1.29, 1.82) is 0 Å². The van der Waals surface area contributed by atoms with Gasteiger partial charge < -0.3 is 10.6 Å². The van der Waals surface area contributed by atoms with E-state index in [0.717, 1.165) is 17.2 Å². The second-order valence-corrected chi connectivity index (χ2v) is 8.37. The van der Waals surface area contributed by atoms with Gasteiger partial charge in [-0.05, 0) is 44.4 Å². The highest BCUT2D eigenvalue weighted by Crippen LogP contribution is 2.31. The molecular formula is C19H24N4O5S. The third kappa shape index (κ3) is 5.44. The van der Waals surface area contributed by atoms with Crippen LogP contribution in [0.4, 0.5) is 21.9 Å². The Labute approximate surface area is 169 Å². The molecule has 10 heteroatoms. The number of hydrogen-bond acceptors (Lipinski definition) is 6. The van der Waals surface area contributed by atoms with Gasteiger partial charge in [-0.15, -0.1) is 0 Å². The molecule has 3 N–H and O–H groups in total. The van der Waals surface area contributed by atoms with Crippen LogP contribution in [0.25, 0.3) is 0 Å². The number of nitro groups is 1. The molecule has 1 atom stereocenters. The van der Waals surface area contributed by atoms with Crippen molar-refractivity contribution in [2.75, 3.05) is 5.32 Å². The van der Waals surface area contributed by atoms with Gasteiger partial charge >= 0.3 is 6.03 Å². The van der Waals surface area contributed by atoms with Gasteiger partial charge in [0.25, 0.3) is 15.7 Å². The van der Waals surface area contributed by atoms with Crippen molar-refractivity contribution < 1.29 is 18.1 Å². The lowest BCUT2D eigenvalue weighted by atomic mass is 10.1. The summed E-state index contributed by atoms with van der Waals surface area (Å²) in [6.45, 7) is 7.28. The standard InChI is InChI=1S/C19H24N4O5S/c1-5-14(4)20-19(24)22-29(27,28)17-11-15(23(25)26)9-10-16(17)21-18-12(2)7-6-8-13(18)3/h6-11,14,21H,5H2,1-4H3,(H2,20,22,24). The molecule has 156 valence electrons. The van der Waals surface area contributed by atoms with Crippen LogP contribution in [-0.4, -0.2) is 25.4 Å². The number of nitrogens with one attached hydrogen (secondary N) is 3. The molecule has 0 radical (unpaired) electrons. The summed E-state index contributed by atoms with van der Waals surface area (Å²) in [6, 6.07) is 7.88. The Morgan fingerprint density at radius 1 is 1.17 bits per heavy atom. The van der Waals surface area contributed by atoms with Gasteiger partial charge in [0.15, 0.2) is 0 Å². The van der Waals surface area contributed by atoms with E-state index in [1.165, 1.54) is 12.1 Å². The summed E-state index contributed by atoms with van der Waals surface area (Å²) >= 11 is 0. The molecule has 1 unspecified atom stereocenters. The van der Waals surface area contributed by atoms with Crippen molar-refractivity contribution in [1.82, 2.24) is 10.0 Å². The lowest BCUT2D eigenvalue weighted by Gasteiger charge is -2.17. The van der Waals surface area contributed by atoms with Crippen LogP contribution in [0.3, 0.4) is 0 Å². The number of para-hydroxylation sites is 1. The smallest absolute Gasteiger partial charge is 0.328 e. The third-order valence-electron chi connectivity index (χ3n) is 4.42. The number of hydrogen-bond donors (Lipinski definition) is 3. The quantitative estimate of drug-likeness (QED) is 0.462. The van der Waals surface area contributed by atoms with E-state index in [0.29, 0.717) is 12.1 Å². The average Bonchev–Trinajstić information content (AvgIpc) is 2.64. The third-order valence-corrected chi connectivity index (χ3v) is 5.79. The topological polar surface area (TPSA) is 130 Å². The molecule has 0 heterocycles. The molecule has 2 amide bonds. The maximum absolute atomic E-state index is 12.8. The van der Waals surface area contributed by atoms with Gasteiger partial charge in [0.05, 0.1) is 10.6 Å². The summed E-state index contributed by atoms with van der Waals surface area (Å²) in [6.07, 6.45) is 0.615. The minimum absolute atomic E-state index is 0.122. The van der Waals surface area contributed by atoms with E-state index in [2.05, 4.69) is 10.6 Å². The minimum Gasteiger partial charge on any atom is -0.354 e. The van der Waals surface area contributed by atoms with Crippen molar-refractivity contribution in [2.24, 2.45) is 0 Å². The molecule has 0 saturated heterocycles. The van der Waals surface area contributed by atoms with E-state index >= 15 is 0 Å². The van der Waals surface area contributed by atoms with Gasteiger partial charge in [-0.2, -0.15) is 0 Å². The van der Waals surface area contributed by atoms with Crippen LogP contribution in [0.2, 0.25) is 0 Å². The minimum atomic E-state index is -4.37. The van der Waals surface area contributed by atoms with E-state index in [4.69, 9.17) is 0 Å². The van der Waals surface area contributed by atoms with E-state index in [9.17, 15) is 23.3 Å². The Kier molecular flexibility index (Phi) is 6.80. The second-order valence-electron chi connectivity index (χ2n) is 6.72. The average molecular weight is 420 g/mol. The molecule has 0 saturated carbocycles. The number of sulfonamides is 1. The SMILES string of the molecule is CCC(C)NC(=O)NS(=O)(=O)c1cc([N+](=O)[O-])ccc1Nc1c(C)cccc1C. The van der Waals surface area contributed by atoms with E-state index in [1.54, 1.807) is 6.92 Å². The molecule has 2 aromatic rings. The van der Waals surface area contributed by atoms with Gasteiger partial charge in [-0.25, -0.2) is 17.9 Å². The van der Waals surface area contributed by atoms with Crippen LogP contribution in [0.1, 0.15) is 31.4 Å². The molecule has 0 bridgehead atoms. The number of carbonyl (C=O) groups is 1. The van der Waals surface area contributed by atoms with Gasteiger partial charge in [-0.3, -0.25) is 10.1 Å². The van der Waals surface area contributed by atoms with Crippen molar-refractivity contribution in [3.8, 4) is 0 Å². The fourth-order valence-electron chi connectivity index (χ4n) is 2.63. The van der Waals surface area contributed by atoms with Gasteiger partial charge in [0.1, 0.15) is 4.90 Å². The first-order valence-electron chi connectivity index (χ1n) is 9.00. The fraction of sp³-hybridized carbons (Fsp3) is 0.316. The highest BCUT2D eigenvalue weighted by atomic mass is 32.2. The first kappa shape index (κ1) is 22.2. The van der Waals surface area contributed by atoms with Crippen molar-refractivity contribution >= 4 is 33.1 Å². The normalized spacial score (nSPS) is 12.1. The number of amides is 2. The molecular weight excluding hydrogens is 396 g/mol. The Morgan fingerprint density at radius 2 is 1.79 bits per heavy atom. The highest BCUT2D eigenvalue weighted by Gasteiger charge is 2.25. The molecule has 0 aliphatic carbocycles. The molecule has 0 aliphatic heterocycles. The summed E-state index contributed by atoms with van der Waals surface area (Å²) in [7, 11) is -4.37. The monoisotopic (exact) mass is 420 g/mol. The number of anilines is 2. The van der Waals surface area contributed by atoms with Crippen LogP contribution < -0.4 is 15.4 Å². The molecule has 9 nitrogen and oxygen atoms in total. The number of aryl methyl sites for hydroxylation is 2.